The van der Waals surface area contributed by atoms with Crippen molar-refractivity contribution in [2.75, 3.05) is 7.11 Å². The lowest BCUT2D eigenvalue weighted by Crippen LogP contribution is -2.37. The Bertz CT molecular complexity index is 596. The largest absolute Gasteiger partial charge is 0.497 e. The molecular weight excluding hydrogens is 278 g/mol. The van der Waals surface area contributed by atoms with Crippen LogP contribution in [0.25, 0.3) is 0 Å². The standard InChI is InChI=1S/C12H13N5O2S/c1-7-10(11(18)17(16-7)12(13)20)15-14-8-3-5-9(19-2)6-4-8/h3-6,10H,1-2H3,(H2,13,20)/t10-/m1/s1. The van der Waals surface area contributed by atoms with Crippen molar-refractivity contribution in [2.45, 2.75) is 13.0 Å². The van der Waals surface area contributed by atoms with E-state index in [-0.39, 0.29) is 5.11 Å². The third kappa shape index (κ3) is 2.80. The molecule has 8 heteroatoms. The molecule has 104 valence electrons. The van der Waals surface area contributed by atoms with Crippen LogP contribution in [0.1, 0.15) is 6.92 Å². The van der Waals surface area contributed by atoms with Crippen molar-refractivity contribution < 1.29 is 9.53 Å². The first-order valence-electron chi connectivity index (χ1n) is 5.76. The molecule has 1 aromatic rings. The molecule has 0 radical (unpaired) electrons. The molecule has 0 aromatic heterocycles. The van der Waals surface area contributed by atoms with Crippen molar-refractivity contribution >= 4 is 34.6 Å². The van der Waals surface area contributed by atoms with Crippen LogP contribution >= 0.6 is 12.2 Å². The summed E-state index contributed by atoms with van der Waals surface area (Å²) >= 11 is 4.73. The summed E-state index contributed by atoms with van der Waals surface area (Å²) in [6, 6.07) is 6.21. The predicted molar refractivity (Wildman–Crippen MR) is 78.0 cm³/mol. The van der Waals surface area contributed by atoms with Crippen LogP contribution in [0.4, 0.5) is 5.69 Å². The van der Waals surface area contributed by atoms with E-state index < -0.39 is 11.9 Å². The summed E-state index contributed by atoms with van der Waals surface area (Å²) in [4.78, 5) is 11.9. The molecule has 0 saturated heterocycles. The first-order valence-corrected chi connectivity index (χ1v) is 6.17. The third-order valence-electron chi connectivity index (χ3n) is 2.67. The fraction of sp³-hybridized carbons (Fsp3) is 0.250. The summed E-state index contributed by atoms with van der Waals surface area (Å²) in [5.41, 5.74) is 6.51. The minimum Gasteiger partial charge on any atom is -0.497 e. The van der Waals surface area contributed by atoms with E-state index in [4.69, 9.17) is 22.7 Å². The minimum atomic E-state index is -0.779. The number of ether oxygens (including phenoxy) is 1. The number of hydrogen-bond acceptors (Lipinski definition) is 6. The second-order valence-electron chi connectivity index (χ2n) is 4.05. The molecule has 0 spiro atoms. The Balaban J connectivity index is 2.13. The van der Waals surface area contributed by atoms with Gasteiger partial charge in [-0.3, -0.25) is 4.79 Å². The number of carbonyl (C=O) groups is 1. The lowest BCUT2D eigenvalue weighted by molar-refractivity contribution is -0.126. The van der Waals surface area contributed by atoms with Crippen LogP contribution in [-0.4, -0.2) is 34.9 Å². The molecule has 1 aliphatic heterocycles. The maximum atomic E-state index is 11.9. The van der Waals surface area contributed by atoms with E-state index >= 15 is 0 Å². The van der Waals surface area contributed by atoms with Crippen molar-refractivity contribution in [3.63, 3.8) is 0 Å². The average Bonchev–Trinajstić information content (AvgIpc) is 2.72. The van der Waals surface area contributed by atoms with Gasteiger partial charge in [0.2, 0.25) is 0 Å². The number of benzene rings is 1. The Hall–Kier alpha value is -2.35. The van der Waals surface area contributed by atoms with Crippen LogP contribution in [-0.2, 0) is 4.79 Å². The number of nitrogens with two attached hydrogens (primary N) is 1. The Morgan fingerprint density at radius 3 is 2.60 bits per heavy atom. The van der Waals surface area contributed by atoms with Gasteiger partial charge in [0.15, 0.2) is 11.2 Å². The molecule has 2 rings (SSSR count). The van der Waals surface area contributed by atoms with Gasteiger partial charge in [0, 0.05) is 0 Å². The summed E-state index contributed by atoms with van der Waals surface area (Å²) < 4.78 is 5.04. The Labute approximate surface area is 121 Å². The number of amides is 1. The zero-order chi connectivity index (χ0) is 14.7. The van der Waals surface area contributed by atoms with Crippen molar-refractivity contribution in [3.05, 3.63) is 24.3 Å². The van der Waals surface area contributed by atoms with Crippen molar-refractivity contribution in [1.82, 2.24) is 5.01 Å². The first-order chi connectivity index (χ1) is 9.52. The van der Waals surface area contributed by atoms with Gasteiger partial charge in [-0.05, 0) is 43.4 Å². The number of carbonyl (C=O) groups excluding carboxylic acids is 1. The fourth-order valence-corrected chi connectivity index (χ4v) is 1.75. The van der Waals surface area contributed by atoms with Crippen LogP contribution in [0.3, 0.4) is 0 Å². The second kappa shape index (κ2) is 5.74. The van der Waals surface area contributed by atoms with Crippen LogP contribution in [0.15, 0.2) is 39.6 Å². The number of thiocarbonyl (C=S) groups is 1. The van der Waals surface area contributed by atoms with E-state index in [0.29, 0.717) is 11.4 Å². The van der Waals surface area contributed by atoms with Gasteiger partial charge in [0.05, 0.1) is 18.5 Å². The highest BCUT2D eigenvalue weighted by atomic mass is 32.1. The molecule has 20 heavy (non-hydrogen) atoms. The number of methoxy groups -OCH3 is 1. The fourth-order valence-electron chi connectivity index (χ4n) is 1.62. The summed E-state index contributed by atoms with van der Waals surface area (Å²) in [6.07, 6.45) is 0. The molecule has 0 fully saturated rings. The Morgan fingerprint density at radius 1 is 1.45 bits per heavy atom. The highest BCUT2D eigenvalue weighted by Gasteiger charge is 2.35. The van der Waals surface area contributed by atoms with E-state index in [0.717, 1.165) is 10.8 Å². The van der Waals surface area contributed by atoms with Crippen LogP contribution in [0.5, 0.6) is 5.75 Å². The van der Waals surface area contributed by atoms with E-state index in [1.165, 1.54) is 0 Å². The zero-order valence-electron chi connectivity index (χ0n) is 11.0. The van der Waals surface area contributed by atoms with Crippen LogP contribution in [0.2, 0.25) is 0 Å². The van der Waals surface area contributed by atoms with Gasteiger partial charge in [-0.25, -0.2) is 0 Å². The summed E-state index contributed by atoms with van der Waals surface area (Å²) in [7, 11) is 1.58. The molecule has 1 amide bonds. The lowest BCUT2D eigenvalue weighted by Gasteiger charge is -2.08. The predicted octanol–water partition coefficient (Wildman–Crippen LogP) is 1.61. The third-order valence-corrected chi connectivity index (χ3v) is 2.84. The van der Waals surface area contributed by atoms with Crippen molar-refractivity contribution in [3.8, 4) is 5.75 Å². The van der Waals surface area contributed by atoms with E-state index in [2.05, 4.69) is 15.3 Å². The smallest absolute Gasteiger partial charge is 0.282 e. The SMILES string of the molecule is COc1ccc(N=N[C@H]2C(=O)N(C(N)=S)N=C2C)cc1. The van der Waals surface area contributed by atoms with Crippen molar-refractivity contribution in [2.24, 2.45) is 21.1 Å². The van der Waals surface area contributed by atoms with E-state index in [1.54, 1.807) is 38.3 Å². The molecule has 1 atom stereocenters. The van der Waals surface area contributed by atoms with Gasteiger partial charge >= 0.3 is 0 Å². The average molecular weight is 291 g/mol. The molecule has 1 aromatic carbocycles. The van der Waals surface area contributed by atoms with Gasteiger partial charge in [-0.15, -0.1) is 0 Å². The molecule has 2 N–H and O–H groups in total. The zero-order valence-corrected chi connectivity index (χ0v) is 11.8. The number of azo groups is 1. The van der Waals surface area contributed by atoms with Gasteiger partial charge < -0.3 is 10.5 Å². The monoisotopic (exact) mass is 291 g/mol. The van der Waals surface area contributed by atoms with Crippen LogP contribution in [0, 0.1) is 0 Å². The highest BCUT2D eigenvalue weighted by molar-refractivity contribution is 7.80. The lowest BCUT2D eigenvalue weighted by atomic mass is 10.2. The highest BCUT2D eigenvalue weighted by Crippen LogP contribution is 2.20. The topological polar surface area (TPSA) is 92.6 Å². The van der Waals surface area contributed by atoms with Crippen LogP contribution < -0.4 is 10.5 Å². The summed E-state index contributed by atoms with van der Waals surface area (Å²) in [6.45, 7) is 1.67. The molecule has 0 aliphatic carbocycles. The molecule has 0 unspecified atom stereocenters. The molecule has 7 nitrogen and oxygen atoms in total. The van der Waals surface area contributed by atoms with Gasteiger partial charge in [-0.2, -0.15) is 20.3 Å². The quantitative estimate of drug-likeness (QED) is 0.676. The normalized spacial score (nSPS) is 18.5. The number of nitrogens with zero attached hydrogens (tertiary/aromatic N) is 4. The Kier molecular flexibility index (Phi) is 4.04. The maximum Gasteiger partial charge on any atom is 0.282 e. The van der Waals surface area contributed by atoms with Crippen molar-refractivity contribution in [1.29, 1.82) is 0 Å². The van der Waals surface area contributed by atoms with E-state index in [1.807, 2.05) is 0 Å². The number of rotatable bonds is 3. The Morgan fingerprint density at radius 2 is 2.10 bits per heavy atom. The van der Waals surface area contributed by atoms with Gasteiger partial charge in [0.25, 0.3) is 5.91 Å². The molecule has 0 saturated carbocycles. The molecule has 1 heterocycles. The number of hydrazone groups is 1. The minimum absolute atomic E-state index is 0.100. The first kappa shape index (κ1) is 14.1. The van der Waals surface area contributed by atoms with Gasteiger partial charge in [-0.1, -0.05) is 0 Å². The summed E-state index contributed by atoms with van der Waals surface area (Å²) in [5.74, 6) is 0.325. The van der Waals surface area contributed by atoms with Gasteiger partial charge in [0.1, 0.15) is 5.75 Å². The summed E-state index contributed by atoms with van der Waals surface area (Å²) in [5, 5.41) is 12.8. The molecule has 0 bridgehead atoms. The molecular formula is C12H13N5O2S. The maximum absolute atomic E-state index is 11.9. The number of hydrogen-bond donors (Lipinski definition) is 1. The second-order valence-corrected chi connectivity index (χ2v) is 4.46. The van der Waals surface area contributed by atoms with E-state index in [9.17, 15) is 4.79 Å². The molecule has 1 aliphatic rings.